The number of nitrogens with one attached hydrogen (secondary N) is 1. The number of carbonyl (C=O) groups is 2. The van der Waals surface area contributed by atoms with E-state index >= 15 is 0 Å². The maximum Gasteiger partial charge on any atom is 0.331 e. The molecule has 0 saturated heterocycles. The molecule has 0 aliphatic heterocycles. The third kappa shape index (κ3) is 5.88. The summed E-state index contributed by atoms with van der Waals surface area (Å²) < 4.78 is 6.87. The summed E-state index contributed by atoms with van der Waals surface area (Å²) in [5.41, 5.74) is 4.29. The van der Waals surface area contributed by atoms with E-state index in [0.717, 1.165) is 16.7 Å². The van der Waals surface area contributed by atoms with Crippen LogP contribution in [-0.2, 0) is 20.9 Å². The van der Waals surface area contributed by atoms with Crippen molar-refractivity contribution < 1.29 is 14.3 Å². The topological polar surface area (TPSA) is 86.1 Å². The Morgan fingerprint density at radius 1 is 1.17 bits per heavy atom. The quantitative estimate of drug-likeness (QED) is 0.481. The summed E-state index contributed by atoms with van der Waals surface area (Å²) in [4.78, 5) is 24.4. The molecule has 2 aromatic carbocycles. The second-order valence-electron chi connectivity index (χ2n) is 7.05. The first-order valence-electron chi connectivity index (χ1n) is 9.61. The molecule has 0 bridgehead atoms. The van der Waals surface area contributed by atoms with E-state index in [1.54, 1.807) is 10.9 Å². The Kier molecular flexibility index (Phi) is 6.75. The fraction of sp³-hybridized carbons (Fsp3) is 0.217. The number of nitrogens with zero attached hydrogens (tertiary/aromatic N) is 3. The lowest BCUT2D eigenvalue weighted by Gasteiger charge is -2.14. The number of benzene rings is 2. The molecule has 3 rings (SSSR count). The highest BCUT2D eigenvalue weighted by atomic mass is 16.5. The van der Waals surface area contributed by atoms with E-state index in [4.69, 9.17) is 4.74 Å². The first kappa shape index (κ1) is 21.0. The molecule has 1 N–H and O–H groups in total. The van der Waals surface area contributed by atoms with Gasteiger partial charge in [-0.15, -0.1) is 5.10 Å². The summed E-state index contributed by atoms with van der Waals surface area (Å²) in [6.07, 6.45) is 3.54. The minimum Gasteiger partial charge on any atom is -0.449 e. The van der Waals surface area contributed by atoms with Gasteiger partial charge in [-0.3, -0.25) is 4.79 Å². The van der Waals surface area contributed by atoms with Crippen LogP contribution in [0.1, 0.15) is 29.3 Å². The maximum absolute atomic E-state index is 12.3. The summed E-state index contributed by atoms with van der Waals surface area (Å²) in [6.45, 7) is 5.96. The van der Waals surface area contributed by atoms with E-state index in [-0.39, 0.29) is 5.91 Å². The van der Waals surface area contributed by atoms with E-state index in [1.807, 2.05) is 62.4 Å². The fourth-order valence-electron chi connectivity index (χ4n) is 2.76. The van der Waals surface area contributed by atoms with Crippen LogP contribution in [-0.4, -0.2) is 33.0 Å². The van der Waals surface area contributed by atoms with E-state index in [1.165, 1.54) is 19.1 Å². The van der Waals surface area contributed by atoms with Crippen LogP contribution in [0, 0.1) is 13.8 Å². The Bertz CT molecular complexity index is 1060. The van der Waals surface area contributed by atoms with E-state index in [9.17, 15) is 9.59 Å². The first-order valence-corrected chi connectivity index (χ1v) is 9.61. The van der Waals surface area contributed by atoms with Crippen LogP contribution in [0.4, 0.5) is 5.69 Å². The molecule has 7 heteroatoms. The predicted molar refractivity (Wildman–Crippen MR) is 115 cm³/mol. The predicted octanol–water partition coefficient (Wildman–Crippen LogP) is 3.53. The molecule has 0 spiro atoms. The molecule has 1 amide bonds. The van der Waals surface area contributed by atoms with Crippen molar-refractivity contribution in [3.8, 4) is 0 Å². The van der Waals surface area contributed by atoms with Gasteiger partial charge in [0.15, 0.2) is 6.10 Å². The van der Waals surface area contributed by atoms with Crippen LogP contribution >= 0.6 is 0 Å². The number of rotatable bonds is 7. The third-order valence-electron chi connectivity index (χ3n) is 4.45. The number of aromatic nitrogens is 3. The van der Waals surface area contributed by atoms with Crippen molar-refractivity contribution in [2.45, 2.75) is 33.4 Å². The Balaban J connectivity index is 1.52. The van der Waals surface area contributed by atoms with Gasteiger partial charge in [-0.2, -0.15) is 0 Å². The van der Waals surface area contributed by atoms with Crippen LogP contribution in [0.25, 0.3) is 6.08 Å². The summed E-state index contributed by atoms with van der Waals surface area (Å²) >= 11 is 0. The molecule has 0 aliphatic carbocycles. The normalized spacial score (nSPS) is 12.0. The highest BCUT2D eigenvalue weighted by Crippen LogP contribution is 2.17. The van der Waals surface area contributed by atoms with Gasteiger partial charge in [-0.25, -0.2) is 9.48 Å². The van der Waals surface area contributed by atoms with Gasteiger partial charge in [0.25, 0.3) is 5.91 Å². The van der Waals surface area contributed by atoms with Gasteiger partial charge in [0.05, 0.1) is 12.7 Å². The number of hydrogen-bond donors (Lipinski definition) is 1. The van der Waals surface area contributed by atoms with Gasteiger partial charge in [0, 0.05) is 11.8 Å². The Morgan fingerprint density at radius 2 is 1.93 bits per heavy atom. The van der Waals surface area contributed by atoms with Crippen LogP contribution in [0.15, 0.2) is 60.8 Å². The number of amides is 1. The number of hydrogen-bond acceptors (Lipinski definition) is 5. The van der Waals surface area contributed by atoms with Crippen molar-refractivity contribution in [1.29, 1.82) is 0 Å². The summed E-state index contributed by atoms with van der Waals surface area (Å²) in [5, 5.41) is 10.8. The molecule has 3 aromatic rings. The Morgan fingerprint density at radius 3 is 2.70 bits per heavy atom. The summed E-state index contributed by atoms with van der Waals surface area (Å²) in [7, 11) is 0. The number of carbonyl (C=O) groups excluding carboxylic acids is 2. The minimum absolute atomic E-state index is 0.390. The van der Waals surface area contributed by atoms with Crippen molar-refractivity contribution in [2.24, 2.45) is 0 Å². The zero-order chi connectivity index (χ0) is 21.5. The molecule has 0 saturated carbocycles. The lowest BCUT2D eigenvalue weighted by Crippen LogP contribution is -2.29. The maximum atomic E-state index is 12.3. The molecule has 1 aromatic heterocycles. The van der Waals surface area contributed by atoms with Gasteiger partial charge in [0.2, 0.25) is 0 Å². The smallest absolute Gasteiger partial charge is 0.331 e. The zero-order valence-corrected chi connectivity index (χ0v) is 17.2. The number of ether oxygens (including phenoxy) is 1. The number of anilines is 1. The molecule has 0 aliphatic rings. The van der Waals surface area contributed by atoms with Gasteiger partial charge < -0.3 is 10.1 Å². The highest BCUT2D eigenvalue weighted by Gasteiger charge is 2.17. The van der Waals surface area contributed by atoms with Gasteiger partial charge >= 0.3 is 5.97 Å². The van der Waals surface area contributed by atoms with Crippen molar-refractivity contribution in [3.63, 3.8) is 0 Å². The first-order chi connectivity index (χ1) is 14.4. The average molecular weight is 404 g/mol. The van der Waals surface area contributed by atoms with Crippen molar-refractivity contribution in [3.05, 3.63) is 83.2 Å². The monoisotopic (exact) mass is 404 g/mol. The summed E-state index contributed by atoms with van der Waals surface area (Å²) in [5.74, 6) is -1.02. The van der Waals surface area contributed by atoms with Gasteiger partial charge in [0.1, 0.15) is 5.69 Å². The average Bonchev–Trinajstić information content (AvgIpc) is 3.17. The summed E-state index contributed by atoms with van der Waals surface area (Å²) in [6, 6.07) is 15.6. The van der Waals surface area contributed by atoms with Crippen LogP contribution < -0.4 is 5.32 Å². The Labute approximate surface area is 175 Å². The molecule has 30 heavy (non-hydrogen) atoms. The molecule has 154 valence electrons. The zero-order valence-electron chi connectivity index (χ0n) is 17.2. The molecule has 7 nitrogen and oxygen atoms in total. The molecule has 1 atom stereocenters. The van der Waals surface area contributed by atoms with Crippen LogP contribution in [0.2, 0.25) is 0 Å². The van der Waals surface area contributed by atoms with Gasteiger partial charge in [-0.05, 0) is 49.6 Å². The third-order valence-corrected chi connectivity index (χ3v) is 4.45. The van der Waals surface area contributed by atoms with Crippen LogP contribution in [0.3, 0.4) is 0 Å². The SMILES string of the molecule is Cc1ccc(C)c(NC(=O)[C@H](C)OC(=O)/C=C/c2cn(Cc3ccccc3)nn2)c1. The van der Waals surface area contributed by atoms with E-state index < -0.39 is 12.1 Å². The molecule has 0 unspecified atom stereocenters. The fourth-order valence-corrected chi connectivity index (χ4v) is 2.76. The standard InChI is InChI=1S/C23H24N4O3/c1-16-9-10-17(2)21(13-16)24-23(29)18(3)30-22(28)12-11-20-15-27(26-25-20)14-19-7-5-4-6-8-19/h4-13,15,18H,14H2,1-3H3,(H,24,29)/b12-11+/t18-/m0/s1. The molecule has 1 heterocycles. The molecule has 0 radical (unpaired) electrons. The second-order valence-corrected chi connectivity index (χ2v) is 7.05. The lowest BCUT2D eigenvalue weighted by atomic mass is 10.1. The Hall–Kier alpha value is -3.74. The van der Waals surface area contributed by atoms with Crippen molar-refractivity contribution in [2.75, 3.05) is 5.32 Å². The molecule has 0 fully saturated rings. The van der Waals surface area contributed by atoms with Gasteiger partial charge in [-0.1, -0.05) is 47.7 Å². The number of esters is 1. The van der Waals surface area contributed by atoms with Crippen molar-refractivity contribution >= 4 is 23.6 Å². The van der Waals surface area contributed by atoms with E-state index in [0.29, 0.717) is 17.9 Å². The minimum atomic E-state index is -0.934. The highest BCUT2D eigenvalue weighted by molar-refractivity contribution is 5.97. The second kappa shape index (κ2) is 9.65. The molecular formula is C23H24N4O3. The lowest BCUT2D eigenvalue weighted by molar-refractivity contribution is -0.148. The molecular weight excluding hydrogens is 380 g/mol. The number of aryl methyl sites for hydroxylation is 2. The van der Waals surface area contributed by atoms with Crippen LogP contribution in [0.5, 0.6) is 0 Å². The van der Waals surface area contributed by atoms with Crippen molar-refractivity contribution in [1.82, 2.24) is 15.0 Å². The van der Waals surface area contributed by atoms with E-state index in [2.05, 4.69) is 15.6 Å². The largest absolute Gasteiger partial charge is 0.449 e.